The van der Waals surface area contributed by atoms with Gasteiger partial charge in [-0.2, -0.15) is 0 Å². The molecule has 1 aliphatic heterocycles. The number of benzene rings is 1. The Balaban J connectivity index is 1.66. The minimum atomic E-state index is -0.796. The smallest absolute Gasteiger partial charge is 0.410 e. The van der Waals surface area contributed by atoms with Crippen LogP contribution in [0.4, 0.5) is 9.18 Å². The summed E-state index contributed by atoms with van der Waals surface area (Å²) in [5.41, 5.74) is -0.514. The first-order chi connectivity index (χ1) is 12.2. The van der Waals surface area contributed by atoms with E-state index in [1.165, 1.54) is 4.90 Å². The molecule has 0 bridgehead atoms. The number of alkyl halides is 1. The number of carbonyl (C=O) groups is 2. The number of carbonyl (C=O) groups excluding carboxylic acids is 2. The molecule has 3 atom stereocenters. The Labute approximate surface area is 153 Å². The number of esters is 1. The molecule has 6 heteroatoms. The minimum Gasteiger partial charge on any atom is -0.459 e. The van der Waals surface area contributed by atoms with Crippen LogP contribution < -0.4 is 0 Å². The lowest BCUT2D eigenvalue weighted by atomic mass is 9.55. The molecule has 1 aromatic rings. The fourth-order valence-electron chi connectivity index (χ4n) is 3.99. The van der Waals surface area contributed by atoms with Gasteiger partial charge in [0, 0.05) is 13.1 Å². The van der Waals surface area contributed by atoms with Crippen molar-refractivity contribution in [2.45, 2.75) is 39.4 Å². The second kappa shape index (κ2) is 6.89. The van der Waals surface area contributed by atoms with Gasteiger partial charge < -0.3 is 14.4 Å². The number of halogens is 1. The van der Waals surface area contributed by atoms with Crippen LogP contribution in [0.15, 0.2) is 30.3 Å². The number of hydrogen-bond acceptors (Lipinski definition) is 4. The van der Waals surface area contributed by atoms with E-state index < -0.39 is 23.8 Å². The molecular weight excluding hydrogens is 337 g/mol. The van der Waals surface area contributed by atoms with Crippen LogP contribution in [-0.4, -0.2) is 42.3 Å². The molecular formula is C20H26FNO4. The van der Waals surface area contributed by atoms with Crippen molar-refractivity contribution in [3.63, 3.8) is 0 Å². The summed E-state index contributed by atoms with van der Waals surface area (Å²) < 4.78 is 24.2. The van der Waals surface area contributed by atoms with Crippen LogP contribution in [0.2, 0.25) is 0 Å². The van der Waals surface area contributed by atoms with E-state index >= 15 is 0 Å². The summed E-state index contributed by atoms with van der Waals surface area (Å²) in [4.78, 5) is 26.7. The van der Waals surface area contributed by atoms with Gasteiger partial charge in [-0.1, -0.05) is 30.3 Å². The van der Waals surface area contributed by atoms with Crippen molar-refractivity contribution >= 4 is 12.1 Å². The number of ether oxygens (including phenoxy) is 2. The maximum atomic E-state index is 13.3. The normalized spacial score (nSPS) is 27.5. The number of rotatable bonds is 4. The molecule has 1 amide bonds. The highest BCUT2D eigenvalue weighted by Crippen LogP contribution is 2.57. The summed E-state index contributed by atoms with van der Waals surface area (Å²) in [5.74, 6) is -0.737. The molecule has 0 N–H and O–H groups in total. The number of hydrogen-bond donors (Lipinski definition) is 0. The summed E-state index contributed by atoms with van der Waals surface area (Å²) in [6.07, 6.45) is -0.0465. The lowest BCUT2D eigenvalue weighted by Gasteiger charge is -2.47. The van der Waals surface area contributed by atoms with Crippen molar-refractivity contribution in [3.05, 3.63) is 35.9 Å². The molecule has 3 rings (SSSR count). The summed E-state index contributed by atoms with van der Waals surface area (Å²) in [5, 5.41) is 0. The van der Waals surface area contributed by atoms with E-state index in [1.54, 1.807) is 0 Å². The van der Waals surface area contributed by atoms with Gasteiger partial charge in [0.25, 0.3) is 0 Å². The van der Waals surface area contributed by atoms with Gasteiger partial charge >= 0.3 is 12.1 Å². The molecule has 2 aliphatic rings. The molecule has 1 heterocycles. The highest BCUT2D eigenvalue weighted by molar-refractivity contribution is 5.82. The van der Waals surface area contributed by atoms with E-state index in [9.17, 15) is 14.0 Å². The molecule has 1 saturated heterocycles. The van der Waals surface area contributed by atoms with E-state index in [0.717, 1.165) is 5.56 Å². The third-order valence-electron chi connectivity index (χ3n) is 5.26. The summed E-state index contributed by atoms with van der Waals surface area (Å²) in [6.45, 7) is 5.68. The maximum absolute atomic E-state index is 13.3. The Kier molecular flexibility index (Phi) is 4.95. The predicted octanol–water partition coefficient (Wildman–Crippen LogP) is 3.57. The number of likely N-dealkylation sites (tertiary alicyclic amines) is 1. The van der Waals surface area contributed by atoms with Crippen LogP contribution in [0.25, 0.3) is 0 Å². The Bertz CT molecular complexity index is 672. The lowest BCUT2D eigenvalue weighted by molar-refractivity contribution is -0.181. The maximum Gasteiger partial charge on any atom is 0.410 e. The molecule has 0 radical (unpaired) electrons. The fourth-order valence-corrected chi connectivity index (χ4v) is 3.99. The molecule has 1 saturated carbocycles. The monoisotopic (exact) mass is 363 g/mol. The third kappa shape index (κ3) is 3.55. The molecule has 1 aromatic carbocycles. The summed E-state index contributed by atoms with van der Waals surface area (Å²) in [6, 6.07) is 9.40. The Morgan fingerprint density at radius 2 is 1.96 bits per heavy atom. The quantitative estimate of drug-likeness (QED) is 0.768. The van der Waals surface area contributed by atoms with Gasteiger partial charge in [0.1, 0.15) is 12.2 Å². The number of amides is 1. The molecule has 3 unspecified atom stereocenters. The van der Waals surface area contributed by atoms with E-state index in [1.807, 2.05) is 51.1 Å². The highest BCUT2D eigenvalue weighted by Gasteiger charge is 2.65. The average Bonchev–Trinajstić information content (AvgIpc) is 2.87. The average molecular weight is 363 g/mol. The first-order valence-corrected chi connectivity index (χ1v) is 9.00. The van der Waals surface area contributed by atoms with Gasteiger partial charge in [-0.25, -0.2) is 4.79 Å². The molecule has 142 valence electrons. The molecule has 2 fully saturated rings. The molecule has 1 aliphatic carbocycles. The largest absolute Gasteiger partial charge is 0.459 e. The SMILES string of the molecule is CC(C)(C)OC(=O)C12CC(CF)C1CN(C(=O)OCc1ccccc1)C2. The Morgan fingerprint density at radius 1 is 1.27 bits per heavy atom. The molecule has 0 aromatic heterocycles. The summed E-state index contributed by atoms with van der Waals surface area (Å²) >= 11 is 0. The van der Waals surface area contributed by atoms with Crippen LogP contribution in [0.3, 0.4) is 0 Å². The fraction of sp³-hybridized carbons (Fsp3) is 0.600. The van der Waals surface area contributed by atoms with Crippen LogP contribution in [0.5, 0.6) is 0 Å². The Morgan fingerprint density at radius 3 is 2.58 bits per heavy atom. The van der Waals surface area contributed by atoms with Crippen molar-refractivity contribution < 1.29 is 23.5 Å². The second-order valence-electron chi connectivity index (χ2n) is 8.30. The zero-order valence-electron chi connectivity index (χ0n) is 15.5. The third-order valence-corrected chi connectivity index (χ3v) is 5.26. The molecule has 5 nitrogen and oxygen atoms in total. The van der Waals surface area contributed by atoms with Crippen molar-refractivity contribution in [2.75, 3.05) is 19.8 Å². The predicted molar refractivity (Wildman–Crippen MR) is 94.1 cm³/mol. The Hall–Kier alpha value is -2.11. The van der Waals surface area contributed by atoms with Crippen molar-refractivity contribution in [1.29, 1.82) is 0 Å². The van der Waals surface area contributed by atoms with Crippen molar-refractivity contribution in [2.24, 2.45) is 17.3 Å². The zero-order chi connectivity index (χ0) is 18.9. The first kappa shape index (κ1) is 18.7. The van der Waals surface area contributed by atoms with Gasteiger partial charge in [0.05, 0.1) is 12.1 Å². The van der Waals surface area contributed by atoms with Crippen LogP contribution in [-0.2, 0) is 20.9 Å². The zero-order valence-corrected chi connectivity index (χ0v) is 15.5. The van der Waals surface area contributed by atoms with E-state index in [-0.39, 0.29) is 31.0 Å². The van der Waals surface area contributed by atoms with Crippen LogP contribution in [0.1, 0.15) is 32.8 Å². The second-order valence-corrected chi connectivity index (χ2v) is 8.30. The molecule has 26 heavy (non-hydrogen) atoms. The number of nitrogens with zero attached hydrogens (tertiary/aromatic N) is 1. The minimum absolute atomic E-state index is 0.173. The van der Waals surface area contributed by atoms with Gasteiger partial charge in [0.2, 0.25) is 0 Å². The topological polar surface area (TPSA) is 55.8 Å². The first-order valence-electron chi connectivity index (χ1n) is 9.00. The standard InChI is InChI=1S/C20H26FNO4/c1-19(2,3)26-17(23)20-9-15(10-21)16(20)11-22(13-20)18(24)25-12-14-7-5-4-6-8-14/h4-8,15-16H,9-13H2,1-3H3. The summed E-state index contributed by atoms with van der Waals surface area (Å²) in [7, 11) is 0. The van der Waals surface area contributed by atoms with E-state index in [4.69, 9.17) is 9.47 Å². The van der Waals surface area contributed by atoms with Crippen molar-refractivity contribution in [3.8, 4) is 0 Å². The van der Waals surface area contributed by atoms with Gasteiger partial charge in [-0.15, -0.1) is 0 Å². The van der Waals surface area contributed by atoms with Crippen LogP contribution >= 0.6 is 0 Å². The van der Waals surface area contributed by atoms with E-state index in [0.29, 0.717) is 13.0 Å². The van der Waals surface area contributed by atoms with Gasteiger partial charge in [0.15, 0.2) is 0 Å². The number of fused-ring (bicyclic) bond motifs is 1. The van der Waals surface area contributed by atoms with Gasteiger partial charge in [-0.3, -0.25) is 9.18 Å². The molecule has 0 spiro atoms. The highest BCUT2D eigenvalue weighted by atomic mass is 19.1. The van der Waals surface area contributed by atoms with Gasteiger partial charge in [-0.05, 0) is 44.6 Å². The van der Waals surface area contributed by atoms with Crippen LogP contribution in [0, 0.1) is 17.3 Å². The lowest BCUT2D eigenvalue weighted by Crippen LogP contribution is -2.55. The van der Waals surface area contributed by atoms with Crippen molar-refractivity contribution in [1.82, 2.24) is 4.90 Å². The van der Waals surface area contributed by atoms with E-state index in [2.05, 4.69) is 0 Å².